The van der Waals surface area contributed by atoms with Crippen molar-refractivity contribution in [1.82, 2.24) is 0 Å². The van der Waals surface area contributed by atoms with Gasteiger partial charge in [-0.3, -0.25) is 9.59 Å². The van der Waals surface area contributed by atoms with Gasteiger partial charge in [0.05, 0.1) is 16.9 Å². The van der Waals surface area contributed by atoms with Crippen molar-refractivity contribution in [1.29, 1.82) is 5.26 Å². The van der Waals surface area contributed by atoms with Crippen LogP contribution in [0.2, 0.25) is 0 Å². The first kappa shape index (κ1) is 18.6. The molecule has 0 amide bonds. The Morgan fingerprint density at radius 2 is 2.00 bits per heavy atom. The summed E-state index contributed by atoms with van der Waals surface area (Å²) < 4.78 is 17.2. The average molecular weight is 373 g/mol. The van der Waals surface area contributed by atoms with E-state index in [4.69, 9.17) is 14.2 Å². The fourth-order valence-corrected chi connectivity index (χ4v) is 6.87. The van der Waals surface area contributed by atoms with E-state index in [-0.39, 0.29) is 35.6 Å². The molecule has 6 unspecified atom stereocenters. The predicted octanol–water partition coefficient (Wildman–Crippen LogP) is 2.77. The highest BCUT2D eigenvalue weighted by molar-refractivity contribution is 5.93. The van der Waals surface area contributed by atoms with Crippen molar-refractivity contribution >= 4 is 11.8 Å². The van der Waals surface area contributed by atoms with Crippen LogP contribution in [-0.4, -0.2) is 37.9 Å². The van der Waals surface area contributed by atoms with Crippen LogP contribution in [0.4, 0.5) is 0 Å². The molecule has 0 saturated heterocycles. The van der Waals surface area contributed by atoms with Gasteiger partial charge in [-0.2, -0.15) is 5.26 Å². The molecule has 5 rings (SSSR count). The molecule has 3 saturated carbocycles. The van der Waals surface area contributed by atoms with Gasteiger partial charge in [-0.1, -0.05) is 12.2 Å². The van der Waals surface area contributed by atoms with E-state index in [0.29, 0.717) is 19.3 Å². The molecule has 1 spiro atoms. The Kier molecular flexibility index (Phi) is 4.25. The monoisotopic (exact) mass is 373 g/mol. The number of methoxy groups -OCH3 is 2. The van der Waals surface area contributed by atoms with E-state index in [2.05, 4.69) is 12.1 Å². The van der Waals surface area contributed by atoms with Gasteiger partial charge in [0.15, 0.2) is 5.78 Å². The number of carbonyl (C=O) groups is 2. The summed E-state index contributed by atoms with van der Waals surface area (Å²) in [5.74, 6) is -2.03. The quantitative estimate of drug-likeness (QED) is 0.430. The van der Waals surface area contributed by atoms with Gasteiger partial charge in [0.25, 0.3) is 0 Å². The third kappa shape index (κ3) is 2.13. The minimum absolute atomic E-state index is 0.00922. The maximum atomic E-state index is 13.1. The maximum Gasteiger partial charge on any atom is 0.302 e. The van der Waals surface area contributed by atoms with Crippen LogP contribution in [-0.2, 0) is 23.8 Å². The zero-order valence-corrected chi connectivity index (χ0v) is 16.2. The number of allylic oxidation sites excluding steroid dienone is 1. The number of nitrogens with zero attached hydrogens (tertiary/aromatic N) is 1. The van der Waals surface area contributed by atoms with E-state index in [1.54, 1.807) is 0 Å². The van der Waals surface area contributed by atoms with Crippen LogP contribution < -0.4 is 0 Å². The van der Waals surface area contributed by atoms with Gasteiger partial charge in [0, 0.05) is 33.0 Å². The van der Waals surface area contributed by atoms with Crippen LogP contribution >= 0.6 is 0 Å². The lowest BCUT2D eigenvalue weighted by atomic mass is 9.39. The van der Waals surface area contributed by atoms with Crippen molar-refractivity contribution in [2.45, 2.75) is 57.3 Å². The third-order valence-electron chi connectivity index (χ3n) is 7.79. The lowest BCUT2D eigenvalue weighted by Gasteiger charge is -2.66. The van der Waals surface area contributed by atoms with Gasteiger partial charge in [0.1, 0.15) is 6.10 Å². The molecular weight excluding hydrogens is 346 g/mol. The SMILES string of the molecule is COC1(OC)C(=O)C2C=CC13CCC1C(OC(C)=O)CCCC1(C#N)C3C2. The molecule has 146 valence electrons. The Morgan fingerprint density at radius 3 is 2.63 bits per heavy atom. The number of Topliss-reactive ketones (excluding diaryl/α,β-unsaturated/α-hetero) is 1. The molecule has 2 bridgehead atoms. The first-order valence-electron chi connectivity index (χ1n) is 9.83. The highest BCUT2D eigenvalue weighted by Gasteiger charge is 2.74. The van der Waals surface area contributed by atoms with Crippen LogP contribution in [0.15, 0.2) is 12.2 Å². The Balaban J connectivity index is 1.83. The van der Waals surface area contributed by atoms with Gasteiger partial charge in [0.2, 0.25) is 5.79 Å². The summed E-state index contributed by atoms with van der Waals surface area (Å²) in [6.45, 7) is 1.43. The van der Waals surface area contributed by atoms with Crippen molar-refractivity contribution < 1.29 is 23.8 Å². The first-order chi connectivity index (χ1) is 12.9. The molecule has 0 aromatic heterocycles. The van der Waals surface area contributed by atoms with Gasteiger partial charge < -0.3 is 14.2 Å². The molecule has 0 radical (unpaired) electrons. The number of hydrogen-bond donors (Lipinski definition) is 0. The highest BCUT2D eigenvalue weighted by atomic mass is 16.7. The predicted molar refractivity (Wildman–Crippen MR) is 95.1 cm³/mol. The highest BCUT2D eigenvalue weighted by Crippen LogP contribution is 2.69. The number of rotatable bonds is 3. The summed E-state index contributed by atoms with van der Waals surface area (Å²) in [5.41, 5.74) is -1.28. The molecule has 0 aromatic rings. The molecule has 0 heterocycles. The normalized spacial score (nSPS) is 44.1. The summed E-state index contributed by atoms with van der Waals surface area (Å²) >= 11 is 0. The molecule has 0 N–H and O–H groups in total. The second kappa shape index (κ2) is 6.15. The molecule has 6 heteroatoms. The lowest BCUT2D eigenvalue weighted by Crippen LogP contribution is -2.72. The molecule has 6 nitrogen and oxygen atoms in total. The summed E-state index contributed by atoms with van der Waals surface area (Å²) in [6, 6.07) is 2.65. The molecule has 5 aliphatic rings. The van der Waals surface area contributed by atoms with Crippen LogP contribution in [0, 0.1) is 39.9 Å². The van der Waals surface area contributed by atoms with Crippen LogP contribution in [0.25, 0.3) is 0 Å². The van der Waals surface area contributed by atoms with Crippen LogP contribution in [0.1, 0.15) is 45.4 Å². The smallest absolute Gasteiger partial charge is 0.302 e. The van der Waals surface area contributed by atoms with E-state index >= 15 is 0 Å². The molecule has 27 heavy (non-hydrogen) atoms. The molecular formula is C21H27NO5. The number of nitriles is 1. The molecule has 6 atom stereocenters. The number of hydrogen-bond acceptors (Lipinski definition) is 6. The Labute approximate surface area is 159 Å². The third-order valence-corrected chi connectivity index (χ3v) is 7.79. The summed E-state index contributed by atoms with van der Waals surface area (Å²) in [7, 11) is 3.05. The topological polar surface area (TPSA) is 85.6 Å². The second-order valence-corrected chi connectivity index (χ2v) is 8.52. The standard InChI is InChI=1S/C21H27NO5/c1-13(23)27-16-5-4-8-19(12-22)15(16)7-10-20-9-6-14(11-17(19)20)18(24)21(20,25-2)26-3/h6,9,14-17H,4-5,7-8,10-11H2,1-3H3. The van der Waals surface area contributed by atoms with E-state index in [1.165, 1.54) is 21.1 Å². The van der Waals surface area contributed by atoms with Gasteiger partial charge >= 0.3 is 5.97 Å². The minimum atomic E-state index is -1.33. The zero-order valence-electron chi connectivity index (χ0n) is 16.2. The zero-order chi connectivity index (χ0) is 19.4. The molecule has 0 aromatic carbocycles. The van der Waals surface area contributed by atoms with E-state index < -0.39 is 16.6 Å². The maximum absolute atomic E-state index is 13.1. The number of esters is 1. The van der Waals surface area contributed by atoms with Crippen molar-refractivity contribution in [3.05, 3.63) is 12.2 Å². The molecule has 5 aliphatic carbocycles. The molecule has 0 aliphatic heterocycles. The first-order valence-corrected chi connectivity index (χ1v) is 9.83. The summed E-state index contributed by atoms with van der Waals surface area (Å²) in [5, 5.41) is 10.4. The Morgan fingerprint density at radius 1 is 1.26 bits per heavy atom. The van der Waals surface area contributed by atoms with Crippen molar-refractivity contribution in [3.63, 3.8) is 0 Å². The number of carbonyl (C=O) groups excluding carboxylic acids is 2. The van der Waals surface area contributed by atoms with E-state index in [1.807, 2.05) is 6.08 Å². The van der Waals surface area contributed by atoms with Crippen molar-refractivity contribution in [2.75, 3.05) is 14.2 Å². The second-order valence-electron chi connectivity index (χ2n) is 8.52. The van der Waals surface area contributed by atoms with Crippen molar-refractivity contribution in [3.8, 4) is 6.07 Å². The van der Waals surface area contributed by atoms with E-state index in [0.717, 1.165) is 19.3 Å². The van der Waals surface area contributed by atoms with Gasteiger partial charge in [-0.05, 0) is 44.4 Å². The van der Waals surface area contributed by atoms with Crippen LogP contribution in [0.3, 0.4) is 0 Å². The van der Waals surface area contributed by atoms with Gasteiger partial charge in [-0.25, -0.2) is 0 Å². The fraction of sp³-hybridized carbons (Fsp3) is 0.762. The fourth-order valence-electron chi connectivity index (χ4n) is 6.87. The molecule has 3 fully saturated rings. The number of ether oxygens (including phenoxy) is 3. The Hall–Kier alpha value is -1.71. The lowest BCUT2D eigenvalue weighted by molar-refractivity contribution is -0.299. The summed E-state index contributed by atoms with van der Waals surface area (Å²) in [4.78, 5) is 24.8. The van der Waals surface area contributed by atoms with Crippen molar-refractivity contribution in [2.24, 2.45) is 28.6 Å². The Bertz CT molecular complexity index is 735. The largest absolute Gasteiger partial charge is 0.462 e. The average Bonchev–Trinajstić information content (AvgIpc) is 2.68. The summed E-state index contributed by atoms with van der Waals surface area (Å²) in [6.07, 6.45) is 8.26. The van der Waals surface area contributed by atoms with Crippen LogP contribution in [0.5, 0.6) is 0 Å². The van der Waals surface area contributed by atoms with Gasteiger partial charge in [-0.15, -0.1) is 0 Å². The minimum Gasteiger partial charge on any atom is -0.462 e. The van der Waals surface area contributed by atoms with E-state index in [9.17, 15) is 14.9 Å². The number of fused-ring (bicyclic) bond motifs is 2. The number of ketones is 1.